The molecule has 2 heterocycles. The molecule has 0 aromatic carbocycles. The molecule has 0 aliphatic carbocycles. The average Bonchev–Trinajstić information content (AvgIpc) is 3.47. The van der Waals surface area contributed by atoms with Gasteiger partial charge in [0.05, 0.1) is 6.04 Å². The van der Waals surface area contributed by atoms with E-state index in [1.807, 2.05) is 48.6 Å². The minimum Gasteiger partial charge on any atom is -0.455 e. The second kappa shape index (κ2) is 18.3. The van der Waals surface area contributed by atoms with Crippen LogP contribution in [0.4, 0.5) is 0 Å². The monoisotopic (exact) mass is 650 g/mol. The third kappa shape index (κ3) is 11.5. The van der Waals surface area contributed by atoms with Gasteiger partial charge in [-0.05, 0) is 44.2 Å². The van der Waals surface area contributed by atoms with Crippen LogP contribution in [0.3, 0.4) is 0 Å². The summed E-state index contributed by atoms with van der Waals surface area (Å²) in [5, 5.41) is 4.56. The number of carbonyl (C=O) groups excluding carboxylic acids is 5. The third-order valence-corrected chi connectivity index (χ3v) is 9.56. The molecule has 12 heteroatoms. The molecule has 1 aliphatic rings. The van der Waals surface area contributed by atoms with E-state index in [1.54, 1.807) is 10.3 Å². The maximum absolute atomic E-state index is 14.6. The Morgan fingerprint density at radius 3 is 2.36 bits per heavy atom. The number of nitrogens with one attached hydrogen (secondary N) is 1. The van der Waals surface area contributed by atoms with Gasteiger partial charge in [-0.3, -0.25) is 28.9 Å². The molecule has 2 amide bonds. The van der Waals surface area contributed by atoms with Crippen molar-refractivity contribution in [2.24, 2.45) is 23.7 Å². The van der Waals surface area contributed by atoms with Crippen LogP contribution in [0.5, 0.6) is 0 Å². The zero-order chi connectivity index (χ0) is 33.8. The summed E-state index contributed by atoms with van der Waals surface area (Å²) < 4.78 is 11.4. The largest absolute Gasteiger partial charge is 0.455 e. The molecule has 1 aromatic rings. The molecule has 2 rings (SSSR count). The normalized spacial score (nSPS) is 18.2. The van der Waals surface area contributed by atoms with Gasteiger partial charge in [0, 0.05) is 50.6 Å². The van der Waals surface area contributed by atoms with Crippen molar-refractivity contribution in [3.63, 3.8) is 0 Å². The Morgan fingerprint density at radius 1 is 1.11 bits per heavy atom. The molecule has 0 spiro atoms. The summed E-state index contributed by atoms with van der Waals surface area (Å²) in [6, 6.07) is -0.760. The highest BCUT2D eigenvalue weighted by atomic mass is 32.1. The summed E-state index contributed by atoms with van der Waals surface area (Å²) in [4.78, 5) is 73.4. The van der Waals surface area contributed by atoms with Crippen LogP contribution in [-0.4, -0.2) is 83.8 Å². The lowest BCUT2D eigenvalue weighted by Crippen LogP contribution is -2.50. The number of nitrogens with zero attached hydrogens (tertiary/aromatic N) is 3. The van der Waals surface area contributed by atoms with Crippen LogP contribution >= 0.6 is 11.3 Å². The molecule has 1 aromatic heterocycles. The van der Waals surface area contributed by atoms with Crippen molar-refractivity contribution >= 4 is 40.9 Å². The maximum Gasteiger partial charge on any atom is 0.307 e. The Bertz CT molecular complexity index is 1150. The summed E-state index contributed by atoms with van der Waals surface area (Å²) in [7, 11) is 3.47. The number of likely N-dealkylation sites (tertiary alicyclic amines) is 1. The van der Waals surface area contributed by atoms with Gasteiger partial charge < -0.3 is 19.7 Å². The highest BCUT2D eigenvalue weighted by Crippen LogP contribution is 2.33. The fourth-order valence-corrected chi connectivity index (χ4v) is 6.61. The number of hydrogen-bond donors (Lipinski definition) is 1. The lowest BCUT2D eigenvalue weighted by atomic mass is 9.82. The molecule has 0 unspecified atom stereocenters. The summed E-state index contributed by atoms with van der Waals surface area (Å²) >= 11 is 1.19. The van der Waals surface area contributed by atoms with Crippen molar-refractivity contribution in [2.75, 3.05) is 27.4 Å². The topological polar surface area (TPSA) is 135 Å². The Hall–Kier alpha value is -2.86. The summed E-state index contributed by atoms with van der Waals surface area (Å²) in [5.74, 6) is -2.31. The number of likely N-dealkylation sites (N-methyl/N-ethyl adjacent to an activating group) is 1. The number of ether oxygens (including phenoxy) is 2. The SMILES string of the molecule is CC[C@H](C)[C@H](CC(=O)[C@H]1CCCCN1C)C(=O)N(COC(=O)CC(C)C)[C@H](C[C@@H](OC(C)=O)c1nc(C(=O)NC)cs1)C(C)C. The van der Waals surface area contributed by atoms with Crippen LogP contribution < -0.4 is 5.32 Å². The number of aromatic nitrogens is 1. The Morgan fingerprint density at radius 2 is 1.80 bits per heavy atom. The van der Waals surface area contributed by atoms with E-state index < -0.39 is 30.0 Å². The van der Waals surface area contributed by atoms with Crippen LogP contribution in [0.25, 0.3) is 0 Å². The molecule has 5 atom stereocenters. The predicted octanol–water partition coefficient (Wildman–Crippen LogP) is 5.00. The average molecular weight is 651 g/mol. The molecule has 0 saturated carbocycles. The van der Waals surface area contributed by atoms with Crippen molar-refractivity contribution in [1.82, 2.24) is 20.1 Å². The quantitative estimate of drug-likeness (QED) is 0.182. The lowest BCUT2D eigenvalue weighted by Gasteiger charge is -2.39. The Kier molecular flexibility index (Phi) is 15.6. The highest BCUT2D eigenvalue weighted by molar-refractivity contribution is 7.09. The van der Waals surface area contributed by atoms with Crippen LogP contribution in [0.1, 0.15) is 115 Å². The number of Topliss-reactive ketones (excluding diaryl/α,β-unsaturated/α-hetero) is 1. The number of thiazole rings is 1. The number of piperidine rings is 1. The fourth-order valence-electron chi connectivity index (χ4n) is 5.77. The minimum atomic E-state index is -0.848. The van der Waals surface area contributed by atoms with E-state index in [9.17, 15) is 24.0 Å². The summed E-state index contributed by atoms with van der Waals surface area (Å²) in [6.07, 6.45) is 3.11. The van der Waals surface area contributed by atoms with E-state index >= 15 is 0 Å². The molecule has 0 radical (unpaired) electrons. The van der Waals surface area contributed by atoms with Gasteiger partial charge in [0.25, 0.3) is 5.91 Å². The molecule has 45 heavy (non-hydrogen) atoms. The molecule has 1 saturated heterocycles. The number of rotatable bonds is 17. The van der Waals surface area contributed by atoms with Crippen LogP contribution in [-0.2, 0) is 28.7 Å². The van der Waals surface area contributed by atoms with Crippen LogP contribution in [0.15, 0.2) is 5.38 Å². The number of carbonyl (C=O) groups is 5. The standard InChI is InChI=1S/C33H54N4O7S/c1-10-22(6)24(16-28(39)26-13-11-12-14-36(26)9)33(42)37(19-43-30(40)15-20(2)3)27(21(4)5)17-29(44-23(7)38)32-35-25(18-45-32)31(41)34-8/h18,20-22,24,26-27,29H,10-17,19H2,1-9H3,(H,34,41)/t22-,24-,26+,27+,29+/m0/s1. The first-order valence-electron chi connectivity index (χ1n) is 16.2. The van der Waals surface area contributed by atoms with E-state index in [0.717, 1.165) is 25.8 Å². The molecule has 1 fully saturated rings. The molecule has 254 valence electrons. The Labute approximate surface area is 272 Å². The van der Waals surface area contributed by atoms with Gasteiger partial charge >= 0.3 is 11.9 Å². The number of amides is 2. The van der Waals surface area contributed by atoms with E-state index in [-0.39, 0.29) is 73.1 Å². The highest BCUT2D eigenvalue weighted by Gasteiger charge is 2.39. The van der Waals surface area contributed by atoms with Crippen molar-refractivity contribution in [1.29, 1.82) is 0 Å². The summed E-state index contributed by atoms with van der Waals surface area (Å²) in [5.41, 5.74) is 0.203. The minimum absolute atomic E-state index is 0.0519. The van der Waals surface area contributed by atoms with Gasteiger partial charge in [0.2, 0.25) is 5.91 Å². The first-order valence-corrected chi connectivity index (χ1v) is 17.1. The zero-order valence-electron chi connectivity index (χ0n) is 28.6. The van der Waals surface area contributed by atoms with E-state index in [2.05, 4.69) is 15.2 Å². The second-order valence-corrected chi connectivity index (χ2v) is 13.9. The molecule has 1 aliphatic heterocycles. The predicted molar refractivity (Wildman–Crippen MR) is 173 cm³/mol. The van der Waals surface area contributed by atoms with Crippen molar-refractivity contribution in [2.45, 2.75) is 112 Å². The maximum atomic E-state index is 14.6. The summed E-state index contributed by atoms with van der Waals surface area (Å²) in [6.45, 7) is 13.6. The van der Waals surface area contributed by atoms with Crippen molar-refractivity contribution < 1.29 is 33.4 Å². The van der Waals surface area contributed by atoms with Gasteiger partial charge in [-0.2, -0.15) is 0 Å². The fraction of sp³-hybridized carbons (Fsp3) is 0.758. The van der Waals surface area contributed by atoms with Gasteiger partial charge in [-0.1, -0.05) is 54.4 Å². The lowest BCUT2D eigenvalue weighted by molar-refractivity contribution is -0.162. The number of hydrogen-bond acceptors (Lipinski definition) is 10. The van der Waals surface area contributed by atoms with Gasteiger partial charge in [0.15, 0.2) is 18.6 Å². The van der Waals surface area contributed by atoms with Crippen LogP contribution in [0.2, 0.25) is 0 Å². The van der Waals surface area contributed by atoms with Crippen molar-refractivity contribution in [3.05, 3.63) is 16.1 Å². The van der Waals surface area contributed by atoms with Gasteiger partial charge in [-0.25, -0.2) is 4.98 Å². The molecule has 1 N–H and O–H groups in total. The van der Waals surface area contributed by atoms with E-state index in [1.165, 1.54) is 25.3 Å². The first kappa shape index (κ1) is 38.3. The number of esters is 2. The first-order chi connectivity index (χ1) is 21.2. The van der Waals surface area contributed by atoms with E-state index in [0.29, 0.717) is 11.4 Å². The third-order valence-electron chi connectivity index (χ3n) is 8.62. The second-order valence-electron chi connectivity index (χ2n) is 13.0. The zero-order valence-corrected chi connectivity index (χ0v) is 29.4. The molecular weight excluding hydrogens is 596 g/mol. The van der Waals surface area contributed by atoms with Crippen LogP contribution in [0, 0.1) is 23.7 Å². The van der Waals surface area contributed by atoms with Crippen molar-refractivity contribution in [3.8, 4) is 0 Å². The number of ketones is 1. The Balaban J connectivity index is 2.50. The molecule has 11 nitrogen and oxygen atoms in total. The molecular formula is C33H54N4O7S. The van der Waals surface area contributed by atoms with E-state index in [4.69, 9.17) is 9.47 Å². The van der Waals surface area contributed by atoms with Gasteiger partial charge in [0.1, 0.15) is 10.7 Å². The smallest absolute Gasteiger partial charge is 0.307 e. The van der Waals surface area contributed by atoms with Gasteiger partial charge in [-0.15, -0.1) is 11.3 Å². The molecule has 0 bridgehead atoms.